The molecule has 1 aromatic heterocycles. The van der Waals surface area contributed by atoms with E-state index < -0.39 is 0 Å². The van der Waals surface area contributed by atoms with Crippen molar-refractivity contribution in [1.29, 1.82) is 0 Å². The first kappa shape index (κ1) is 17.8. The third kappa shape index (κ3) is 3.36. The van der Waals surface area contributed by atoms with Gasteiger partial charge in [0.05, 0.1) is 5.69 Å². The second kappa shape index (κ2) is 6.83. The van der Waals surface area contributed by atoms with Crippen LogP contribution in [0.25, 0.3) is 0 Å². The van der Waals surface area contributed by atoms with Crippen molar-refractivity contribution in [1.82, 2.24) is 5.16 Å². The van der Waals surface area contributed by atoms with Gasteiger partial charge in [0.15, 0.2) is 5.76 Å². The molecule has 0 unspecified atom stereocenters. The topological polar surface area (TPSA) is 75.4 Å². The lowest BCUT2D eigenvalue weighted by Gasteiger charge is -2.30. The largest absolute Gasteiger partial charge is 0.360 e. The molecule has 1 aromatic carbocycles. The molecule has 6 nitrogen and oxygen atoms in total. The van der Waals surface area contributed by atoms with Crippen molar-refractivity contribution in [2.45, 2.75) is 52.4 Å². The van der Waals surface area contributed by atoms with Gasteiger partial charge in [0.25, 0.3) is 5.91 Å². The van der Waals surface area contributed by atoms with E-state index in [-0.39, 0.29) is 23.7 Å². The molecule has 2 aromatic rings. The van der Waals surface area contributed by atoms with E-state index in [9.17, 15) is 9.59 Å². The molecule has 0 radical (unpaired) electrons. The van der Waals surface area contributed by atoms with Gasteiger partial charge in [-0.3, -0.25) is 9.59 Å². The molecule has 1 aliphatic heterocycles. The Labute approximate surface area is 158 Å². The first-order valence-corrected chi connectivity index (χ1v) is 9.67. The highest BCUT2D eigenvalue weighted by atomic mass is 16.5. The van der Waals surface area contributed by atoms with Crippen molar-refractivity contribution in [2.24, 2.45) is 5.92 Å². The van der Waals surface area contributed by atoms with Crippen molar-refractivity contribution in [2.75, 3.05) is 16.8 Å². The fourth-order valence-electron chi connectivity index (χ4n) is 3.68. The average molecular weight is 367 g/mol. The highest BCUT2D eigenvalue weighted by Crippen LogP contribution is 2.37. The number of fused-ring (bicyclic) bond motifs is 1. The van der Waals surface area contributed by atoms with Gasteiger partial charge in [0.1, 0.15) is 5.56 Å². The van der Waals surface area contributed by atoms with E-state index in [0.717, 1.165) is 43.5 Å². The number of hydrogen-bond donors (Lipinski definition) is 1. The predicted molar refractivity (Wildman–Crippen MR) is 103 cm³/mol. The van der Waals surface area contributed by atoms with E-state index in [2.05, 4.69) is 10.5 Å². The number of hydrogen-bond acceptors (Lipinski definition) is 4. The zero-order valence-corrected chi connectivity index (χ0v) is 16.0. The summed E-state index contributed by atoms with van der Waals surface area (Å²) in [4.78, 5) is 27.4. The molecule has 0 bridgehead atoms. The summed E-state index contributed by atoms with van der Waals surface area (Å²) < 4.78 is 5.32. The van der Waals surface area contributed by atoms with E-state index in [1.165, 1.54) is 0 Å². The van der Waals surface area contributed by atoms with Crippen molar-refractivity contribution in [3.05, 3.63) is 40.8 Å². The number of amides is 2. The minimum absolute atomic E-state index is 0.0714. The fraction of sp³-hybridized carbons (Fsp3) is 0.476. The Bertz CT molecular complexity index is 896. The van der Waals surface area contributed by atoms with E-state index in [0.29, 0.717) is 22.7 Å². The minimum Gasteiger partial charge on any atom is -0.360 e. The van der Waals surface area contributed by atoms with Crippen LogP contribution in [0.3, 0.4) is 0 Å². The van der Waals surface area contributed by atoms with Crippen LogP contribution >= 0.6 is 0 Å². The molecule has 6 heteroatoms. The monoisotopic (exact) mass is 367 g/mol. The van der Waals surface area contributed by atoms with Crippen LogP contribution in [0.5, 0.6) is 0 Å². The maximum atomic E-state index is 12.8. The normalized spacial score (nSPS) is 16.4. The molecule has 2 amide bonds. The second-order valence-electron chi connectivity index (χ2n) is 7.83. The number of aromatic nitrogens is 1. The zero-order chi connectivity index (χ0) is 19.1. The van der Waals surface area contributed by atoms with E-state index in [1.54, 1.807) is 6.92 Å². The smallest absolute Gasteiger partial charge is 0.261 e. The molecule has 0 saturated heterocycles. The molecule has 4 rings (SSSR count). The Hall–Kier alpha value is -2.63. The molecule has 142 valence electrons. The number of carbonyl (C=O) groups excluding carboxylic acids is 2. The zero-order valence-electron chi connectivity index (χ0n) is 16.0. The van der Waals surface area contributed by atoms with Gasteiger partial charge >= 0.3 is 0 Å². The summed E-state index contributed by atoms with van der Waals surface area (Å²) in [5, 5.41) is 6.90. The van der Waals surface area contributed by atoms with Gasteiger partial charge in [-0.2, -0.15) is 0 Å². The van der Waals surface area contributed by atoms with Crippen LogP contribution in [0.1, 0.15) is 66.4 Å². The quantitative estimate of drug-likeness (QED) is 0.885. The molecule has 1 N–H and O–H groups in total. The maximum Gasteiger partial charge on any atom is 0.261 e. The van der Waals surface area contributed by atoms with Crippen LogP contribution in [0.2, 0.25) is 0 Å². The molecule has 2 aliphatic rings. The number of benzene rings is 1. The fourth-order valence-corrected chi connectivity index (χ4v) is 3.68. The molecule has 0 spiro atoms. The number of nitrogens with one attached hydrogen (secondary N) is 1. The van der Waals surface area contributed by atoms with Crippen LogP contribution in [-0.2, 0) is 11.2 Å². The van der Waals surface area contributed by atoms with Crippen molar-refractivity contribution in [3.8, 4) is 0 Å². The molecular formula is C21H25N3O3. The van der Waals surface area contributed by atoms with Gasteiger partial charge in [-0.25, -0.2) is 0 Å². The SMILES string of the molecule is Cc1noc(C(C)C)c1C(=O)Nc1ccc2c(c1)N(C(=O)C1CC1)CCC2. The van der Waals surface area contributed by atoms with Gasteiger partial charge in [0, 0.05) is 29.8 Å². The van der Waals surface area contributed by atoms with E-state index >= 15 is 0 Å². The Morgan fingerprint density at radius 3 is 2.78 bits per heavy atom. The first-order valence-electron chi connectivity index (χ1n) is 9.67. The summed E-state index contributed by atoms with van der Waals surface area (Å²) in [5.74, 6) is 0.836. The lowest BCUT2D eigenvalue weighted by Crippen LogP contribution is -2.36. The molecule has 1 aliphatic carbocycles. The van der Waals surface area contributed by atoms with Gasteiger partial charge < -0.3 is 14.7 Å². The Kier molecular flexibility index (Phi) is 4.50. The molecule has 2 heterocycles. The summed E-state index contributed by atoms with van der Waals surface area (Å²) in [7, 11) is 0. The Balaban J connectivity index is 1.60. The van der Waals surface area contributed by atoms with Crippen LogP contribution in [0.15, 0.2) is 22.7 Å². The van der Waals surface area contributed by atoms with Crippen molar-refractivity contribution < 1.29 is 14.1 Å². The van der Waals surface area contributed by atoms with E-state index in [1.807, 2.05) is 36.9 Å². The number of aryl methyl sites for hydroxylation is 2. The number of carbonyl (C=O) groups is 2. The number of nitrogens with zero attached hydrogens (tertiary/aromatic N) is 2. The van der Waals surface area contributed by atoms with Crippen LogP contribution in [0, 0.1) is 12.8 Å². The van der Waals surface area contributed by atoms with Crippen LogP contribution in [-0.4, -0.2) is 23.5 Å². The molecule has 27 heavy (non-hydrogen) atoms. The number of anilines is 2. The van der Waals surface area contributed by atoms with E-state index in [4.69, 9.17) is 4.52 Å². The summed E-state index contributed by atoms with van der Waals surface area (Å²) >= 11 is 0. The highest BCUT2D eigenvalue weighted by Gasteiger charge is 2.35. The lowest BCUT2D eigenvalue weighted by atomic mass is 10.00. The molecular weight excluding hydrogens is 342 g/mol. The highest BCUT2D eigenvalue weighted by molar-refractivity contribution is 6.06. The Morgan fingerprint density at radius 1 is 1.30 bits per heavy atom. The first-order chi connectivity index (χ1) is 13.0. The van der Waals surface area contributed by atoms with Gasteiger partial charge in [-0.1, -0.05) is 25.1 Å². The minimum atomic E-state index is -0.228. The maximum absolute atomic E-state index is 12.8. The molecule has 1 saturated carbocycles. The van der Waals surface area contributed by atoms with Gasteiger partial charge in [-0.15, -0.1) is 0 Å². The second-order valence-corrected chi connectivity index (χ2v) is 7.83. The third-order valence-corrected chi connectivity index (χ3v) is 5.29. The van der Waals surface area contributed by atoms with Gasteiger partial charge in [-0.05, 0) is 50.3 Å². The average Bonchev–Trinajstić information content (AvgIpc) is 3.42. The number of rotatable bonds is 4. The van der Waals surface area contributed by atoms with Crippen LogP contribution in [0.4, 0.5) is 11.4 Å². The Morgan fingerprint density at radius 2 is 2.07 bits per heavy atom. The lowest BCUT2D eigenvalue weighted by molar-refractivity contribution is -0.119. The summed E-state index contributed by atoms with van der Waals surface area (Å²) in [5.41, 5.74) is 3.86. The summed E-state index contributed by atoms with van der Waals surface area (Å²) in [6, 6.07) is 5.84. The van der Waals surface area contributed by atoms with Crippen molar-refractivity contribution in [3.63, 3.8) is 0 Å². The molecule has 0 atom stereocenters. The van der Waals surface area contributed by atoms with Crippen molar-refractivity contribution >= 4 is 23.2 Å². The van der Waals surface area contributed by atoms with Gasteiger partial charge in [0.2, 0.25) is 5.91 Å². The third-order valence-electron chi connectivity index (χ3n) is 5.29. The van der Waals surface area contributed by atoms with Crippen LogP contribution < -0.4 is 10.2 Å². The molecule has 1 fully saturated rings. The summed E-state index contributed by atoms with van der Waals surface area (Å²) in [6.45, 7) is 6.46. The predicted octanol–water partition coefficient (Wildman–Crippen LogP) is 4.05. The standard InChI is InChI=1S/C21H25N3O3/c1-12(2)19-18(13(3)23-27-19)20(25)22-16-9-8-14-5-4-10-24(17(14)11-16)21(26)15-6-7-15/h8-9,11-12,15H,4-7,10H2,1-3H3,(H,22,25). The summed E-state index contributed by atoms with van der Waals surface area (Å²) in [6.07, 6.45) is 3.92.